The van der Waals surface area contributed by atoms with Gasteiger partial charge in [-0.05, 0) is 29.8 Å². The van der Waals surface area contributed by atoms with Gasteiger partial charge in [-0.2, -0.15) is 0 Å². The Balaban J connectivity index is 1.45. The van der Waals surface area contributed by atoms with Crippen molar-refractivity contribution in [2.45, 2.75) is 12.6 Å². The lowest BCUT2D eigenvalue weighted by Crippen LogP contribution is -2.48. The van der Waals surface area contributed by atoms with Gasteiger partial charge in [0.15, 0.2) is 0 Å². The molecule has 1 unspecified atom stereocenters. The maximum atomic E-state index is 13.0. The van der Waals surface area contributed by atoms with E-state index in [-0.39, 0.29) is 11.9 Å². The molecule has 0 radical (unpaired) electrons. The molecule has 0 N–H and O–H groups in total. The Morgan fingerprint density at radius 1 is 0.960 bits per heavy atom. The summed E-state index contributed by atoms with van der Waals surface area (Å²) < 4.78 is 18.9. The maximum absolute atomic E-state index is 13.0. The third-order valence-electron chi connectivity index (χ3n) is 4.52. The highest BCUT2D eigenvalue weighted by Crippen LogP contribution is 2.15. The topological polar surface area (TPSA) is 15.7 Å². The molecule has 1 aliphatic rings. The molecular formula is C21H25FN2O. The van der Waals surface area contributed by atoms with Crippen LogP contribution in [0.1, 0.15) is 5.56 Å². The fourth-order valence-corrected chi connectivity index (χ4v) is 3.07. The van der Waals surface area contributed by atoms with Crippen LogP contribution in [0.4, 0.5) is 4.39 Å². The Labute approximate surface area is 149 Å². The Hall–Kier alpha value is -2.17. The first-order valence-corrected chi connectivity index (χ1v) is 8.76. The van der Waals surface area contributed by atoms with Crippen LogP contribution in [-0.4, -0.2) is 48.6 Å². The second kappa shape index (κ2) is 8.79. The average Bonchev–Trinajstić information content (AvgIpc) is 2.65. The second-order valence-corrected chi connectivity index (χ2v) is 6.41. The van der Waals surface area contributed by atoms with Gasteiger partial charge < -0.3 is 4.74 Å². The number of ether oxygens (including phenoxy) is 1. The highest BCUT2D eigenvalue weighted by atomic mass is 19.1. The van der Waals surface area contributed by atoms with Crippen molar-refractivity contribution in [3.05, 3.63) is 78.6 Å². The number of benzene rings is 2. The molecule has 4 heteroatoms. The summed E-state index contributed by atoms with van der Waals surface area (Å²) in [5, 5.41) is 0. The molecule has 1 aliphatic heterocycles. The number of rotatable bonds is 7. The van der Waals surface area contributed by atoms with Gasteiger partial charge in [0, 0.05) is 39.3 Å². The van der Waals surface area contributed by atoms with Crippen LogP contribution in [0, 0.1) is 5.82 Å². The van der Waals surface area contributed by atoms with Crippen molar-refractivity contribution in [2.75, 3.05) is 32.7 Å². The van der Waals surface area contributed by atoms with E-state index in [0.29, 0.717) is 5.75 Å². The van der Waals surface area contributed by atoms with Crippen molar-refractivity contribution in [3.8, 4) is 5.75 Å². The summed E-state index contributed by atoms with van der Waals surface area (Å²) in [7, 11) is 0. The van der Waals surface area contributed by atoms with Gasteiger partial charge in [-0.15, -0.1) is 0 Å². The smallest absolute Gasteiger partial charge is 0.129 e. The molecule has 0 amide bonds. The van der Waals surface area contributed by atoms with Gasteiger partial charge in [-0.25, -0.2) is 4.39 Å². The van der Waals surface area contributed by atoms with E-state index in [0.717, 1.165) is 39.3 Å². The van der Waals surface area contributed by atoms with Crippen molar-refractivity contribution < 1.29 is 9.13 Å². The summed E-state index contributed by atoms with van der Waals surface area (Å²) in [6.07, 6.45) is 1.73. The van der Waals surface area contributed by atoms with Crippen LogP contribution in [0.15, 0.2) is 67.3 Å². The predicted octanol–water partition coefficient (Wildman–Crippen LogP) is 3.58. The second-order valence-electron chi connectivity index (χ2n) is 6.41. The zero-order valence-electron chi connectivity index (χ0n) is 14.5. The zero-order valence-corrected chi connectivity index (χ0v) is 14.5. The summed E-state index contributed by atoms with van der Waals surface area (Å²) in [6.45, 7) is 9.82. The van der Waals surface area contributed by atoms with E-state index in [4.69, 9.17) is 4.74 Å². The molecule has 0 saturated carbocycles. The van der Waals surface area contributed by atoms with Crippen molar-refractivity contribution >= 4 is 0 Å². The molecule has 2 aromatic carbocycles. The summed E-state index contributed by atoms with van der Waals surface area (Å²) in [5.41, 5.74) is 1.36. The predicted molar refractivity (Wildman–Crippen MR) is 99.2 cm³/mol. The third-order valence-corrected chi connectivity index (χ3v) is 4.52. The largest absolute Gasteiger partial charge is 0.485 e. The molecule has 0 bridgehead atoms. The Bertz CT molecular complexity index is 651. The van der Waals surface area contributed by atoms with E-state index in [2.05, 4.69) is 46.7 Å². The van der Waals surface area contributed by atoms with E-state index in [1.165, 1.54) is 17.7 Å². The van der Waals surface area contributed by atoms with E-state index in [1.54, 1.807) is 12.1 Å². The van der Waals surface area contributed by atoms with E-state index in [9.17, 15) is 4.39 Å². The quantitative estimate of drug-likeness (QED) is 0.717. The SMILES string of the molecule is C=CC(CN1CCN(Cc2ccccc2)CC1)Oc1ccc(F)cc1. The van der Waals surface area contributed by atoms with Crippen molar-refractivity contribution in [1.82, 2.24) is 9.80 Å². The molecule has 3 nitrogen and oxygen atoms in total. The number of halogens is 1. The maximum Gasteiger partial charge on any atom is 0.129 e. The van der Waals surface area contributed by atoms with Crippen LogP contribution in [0.3, 0.4) is 0 Å². The van der Waals surface area contributed by atoms with Crippen LogP contribution >= 0.6 is 0 Å². The zero-order chi connectivity index (χ0) is 17.5. The lowest BCUT2D eigenvalue weighted by atomic mass is 10.2. The number of nitrogens with zero attached hydrogens (tertiary/aromatic N) is 2. The minimum atomic E-state index is -0.253. The highest BCUT2D eigenvalue weighted by molar-refractivity contribution is 5.23. The van der Waals surface area contributed by atoms with Gasteiger partial charge >= 0.3 is 0 Å². The molecule has 0 aromatic heterocycles. The summed E-state index contributed by atoms with van der Waals surface area (Å²) in [4.78, 5) is 4.88. The molecule has 1 fully saturated rings. The summed E-state index contributed by atoms with van der Waals surface area (Å²) in [5.74, 6) is 0.422. The summed E-state index contributed by atoms with van der Waals surface area (Å²) >= 11 is 0. The normalized spacial score (nSPS) is 17.2. The Kier molecular flexibility index (Phi) is 6.20. The Morgan fingerprint density at radius 2 is 1.60 bits per heavy atom. The van der Waals surface area contributed by atoms with Crippen LogP contribution in [0.2, 0.25) is 0 Å². The molecule has 132 valence electrons. The Morgan fingerprint density at radius 3 is 2.24 bits per heavy atom. The van der Waals surface area contributed by atoms with Gasteiger partial charge in [-0.1, -0.05) is 43.0 Å². The van der Waals surface area contributed by atoms with E-state index in [1.807, 2.05) is 6.08 Å². The van der Waals surface area contributed by atoms with E-state index >= 15 is 0 Å². The van der Waals surface area contributed by atoms with Crippen molar-refractivity contribution in [3.63, 3.8) is 0 Å². The van der Waals surface area contributed by atoms with E-state index < -0.39 is 0 Å². The third kappa shape index (κ3) is 5.41. The van der Waals surface area contributed by atoms with Crippen molar-refractivity contribution in [2.24, 2.45) is 0 Å². The average molecular weight is 340 g/mol. The minimum Gasteiger partial charge on any atom is -0.485 e. The van der Waals surface area contributed by atoms with Crippen LogP contribution in [0.25, 0.3) is 0 Å². The van der Waals surface area contributed by atoms with Gasteiger partial charge in [0.2, 0.25) is 0 Å². The molecule has 1 atom stereocenters. The fraction of sp³-hybridized carbons (Fsp3) is 0.333. The number of hydrogen-bond acceptors (Lipinski definition) is 3. The first-order chi connectivity index (χ1) is 12.2. The van der Waals surface area contributed by atoms with Gasteiger partial charge in [0.05, 0.1) is 0 Å². The monoisotopic (exact) mass is 340 g/mol. The molecule has 1 saturated heterocycles. The molecule has 0 aliphatic carbocycles. The number of hydrogen-bond donors (Lipinski definition) is 0. The minimum absolute atomic E-state index is 0.0915. The first kappa shape index (κ1) is 17.6. The summed E-state index contributed by atoms with van der Waals surface area (Å²) in [6, 6.07) is 16.7. The van der Waals surface area contributed by atoms with Gasteiger partial charge in [0.25, 0.3) is 0 Å². The van der Waals surface area contributed by atoms with Gasteiger partial charge in [0.1, 0.15) is 17.7 Å². The molecule has 1 heterocycles. The lowest BCUT2D eigenvalue weighted by molar-refractivity contribution is 0.0957. The highest BCUT2D eigenvalue weighted by Gasteiger charge is 2.19. The molecule has 25 heavy (non-hydrogen) atoms. The van der Waals surface area contributed by atoms with Crippen LogP contribution in [0.5, 0.6) is 5.75 Å². The van der Waals surface area contributed by atoms with Crippen LogP contribution < -0.4 is 4.74 Å². The molecule has 2 aromatic rings. The first-order valence-electron chi connectivity index (χ1n) is 8.76. The fourth-order valence-electron chi connectivity index (χ4n) is 3.07. The van der Waals surface area contributed by atoms with Crippen molar-refractivity contribution in [1.29, 1.82) is 0 Å². The van der Waals surface area contributed by atoms with Gasteiger partial charge in [-0.3, -0.25) is 9.80 Å². The molecule has 0 spiro atoms. The standard InChI is InChI=1S/C21H25FN2O/c1-2-20(25-21-10-8-19(22)9-11-21)17-24-14-12-23(13-15-24)16-18-6-4-3-5-7-18/h2-11,20H,1,12-17H2. The van der Waals surface area contributed by atoms with Crippen LogP contribution in [-0.2, 0) is 6.54 Å². The number of piperazine rings is 1. The lowest BCUT2D eigenvalue weighted by Gasteiger charge is -2.36. The molecular weight excluding hydrogens is 315 g/mol. The molecule has 3 rings (SSSR count).